The summed E-state index contributed by atoms with van der Waals surface area (Å²) in [4.78, 5) is 46.6. The van der Waals surface area contributed by atoms with Crippen LogP contribution in [0, 0.1) is 0 Å². The Morgan fingerprint density at radius 1 is 0.974 bits per heavy atom. The van der Waals surface area contributed by atoms with Crippen molar-refractivity contribution in [1.82, 2.24) is 0 Å². The lowest BCUT2D eigenvalue weighted by atomic mass is 9.85. The zero-order chi connectivity index (χ0) is 28.3. The maximum Gasteiger partial charge on any atom is 0.446 e. The molecule has 0 aliphatic carbocycles. The van der Waals surface area contributed by atoms with Crippen LogP contribution in [0.15, 0.2) is 82.2 Å². The molecule has 0 radical (unpaired) electrons. The van der Waals surface area contributed by atoms with Gasteiger partial charge in [-0.1, -0.05) is 64.5 Å². The fourth-order valence-corrected chi connectivity index (χ4v) is 4.30. The van der Waals surface area contributed by atoms with E-state index in [1.54, 1.807) is 48.5 Å². The van der Waals surface area contributed by atoms with Crippen molar-refractivity contribution in [2.75, 3.05) is 6.54 Å². The van der Waals surface area contributed by atoms with E-state index in [2.05, 4.69) is 15.9 Å². The van der Waals surface area contributed by atoms with Crippen LogP contribution in [0.3, 0.4) is 0 Å². The molecule has 3 rings (SSSR count). The van der Waals surface area contributed by atoms with Crippen LogP contribution in [-0.4, -0.2) is 41.0 Å². The first-order valence-corrected chi connectivity index (χ1v) is 12.7. The number of carbonyl (C=O) groups excluding carboxylic acids is 3. The number of hydrogen-bond donors (Lipinski definition) is 2. The Kier molecular flexibility index (Phi) is 11.9. The Hall–Kier alpha value is -3.28. The van der Waals surface area contributed by atoms with Crippen molar-refractivity contribution in [3.05, 3.63) is 99.5 Å². The molecule has 0 aromatic heterocycles. The summed E-state index contributed by atoms with van der Waals surface area (Å²) in [5, 5.41) is 7.83. The van der Waals surface area contributed by atoms with Crippen molar-refractivity contribution in [3.63, 3.8) is 0 Å². The number of thioether (sulfide) groups is 1. The molecule has 0 fully saturated rings. The molecule has 11 heteroatoms. The highest BCUT2D eigenvalue weighted by Gasteiger charge is 2.30. The van der Waals surface area contributed by atoms with Crippen molar-refractivity contribution >= 4 is 51.5 Å². The summed E-state index contributed by atoms with van der Waals surface area (Å²) in [5.74, 6) is -2.46. The number of carboxylic acid groups (broad SMARTS) is 1. The van der Waals surface area contributed by atoms with Gasteiger partial charge >= 0.3 is 11.5 Å². The second kappa shape index (κ2) is 14.6. The fourth-order valence-electron chi connectivity index (χ4n) is 3.31. The molecule has 0 aliphatic heterocycles. The average molecular weight is 610 g/mol. The number of benzene rings is 3. The summed E-state index contributed by atoms with van der Waals surface area (Å²) in [6, 6.07) is 18.3. The normalized spacial score (nSPS) is 11.6. The van der Waals surface area contributed by atoms with Gasteiger partial charge in [-0.3, -0.25) is 19.2 Å². The summed E-state index contributed by atoms with van der Waals surface area (Å²) in [6.07, 6.45) is 0.510. The van der Waals surface area contributed by atoms with Crippen molar-refractivity contribution < 1.29 is 37.5 Å². The molecule has 0 bridgehead atoms. The number of carboxylic acids is 1. The van der Waals surface area contributed by atoms with E-state index >= 15 is 0 Å². The third-order valence-electron chi connectivity index (χ3n) is 5.04. The van der Waals surface area contributed by atoms with Gasteiger partial charge in [-0.25, -0.2) is 0 Å². The molecule has 1 atom stereocenters. The predicted molar refractivity (Wildman–Crippen MR) is 142 cm³/mol. The minimum absolute atomic E-state index is 0.0694. The van der Waals surface area contributed by atoms with Crippen LogP contribution in [0.25, 0.3) is 0 Å². The topological polar surface area (TPSA) is 115 Å². The highest BCUT2D eigenvalue weighted by molar-refractivity contribution is 9.10. The largest absolute Gasteiger partial charge is 0.481 e. The smallest absolute Gasteiger partial charge is 0.446 e. The Labute approximate surface area is 229 Å². The number of halogens is 4. The van der Waals surface area contributed by atoms with Crippen LogP contribution in [-0.2, 0) is 4.79 Å². The average Bonchev–Trinajstić information content (AvgIpc) is 2.86. The second-order valence-electron chi connectivity index (χ2n) is 7.85. The number of hydrogen-bond acceptors (Lipinski definition) is 6. The Bertz CT molecular complexity index is 1280. The summed E-state index contributed by atoms with van der Waals surface area (Å²) < 4.78 is 38.8. The SMILES string of the molecule is NCCC(=O)O.O=Cc1ccc(C(CC(=O)c2cccc(SC(F)(F)F)c2)C(=O)c2cccc(Br)c2)cc1. The molecule has 3 aromatic rings. The van der Waals surface area contributed by atoms with Gasteiger partial charge < -0.3 is 10.8 Å². The quantitative estimate of drug-likeness (QED) is 0.152. The number of alkyl halides is 3. The molecule has 6 nitrogen and oxygen atoms in total. The van der Waals surface area contributed by atoms with E-state index in [1.807, 2.05) is 0 Å². The summed E-state index contributed by atoms with van der Waals surface area (Å²) in [5.41, 5.74) is 1.82. The minimum atomic E-state index is -4.47. The van der Waals surface area contributed by atoms with Gasteiger partial charge in [0.2, 0.25) is 0 Å². The molecule has 0 heterocycles. The number of rotatable bonds is 10. The van der Waals surface area contributed by atoms with E-state index < -0.39 is 23.2 Å². The molecular weight excluding hydrogens is 587 g/mol. The van der Waals surface area contributed by atoms with E-state index in [-0.39, 0.29) is 47.4 Å². The van der Waals surface area contributed by atoms with E-state index in [1.165, 1.54) is 24.3 Å². The minimum Gasteiger partial charge on any atom is -0.481 e. The van der Waals surface area contributed by atoms with Crippen LogP contribution in [0.1, 0.15) is 55.4 Å². The van der Waals surface area contributed by atoms with Gasteiger partial charge in [0.25, 0.3) is 0 Å². The van der Waals surface area contributed by atoms with Crippen molar-refractivity contribution in [1.29, 1.82) is 0 Å². The standard InChI is InChI=1S/C24H16BrF3O3S.C3H7NO2/c25-19-5-1-4-18(11-19)23(31)21(16-9-7-15(14-29)8-10-16)13-22(30)17-3-2-6-20(12-17)32-24(26,27)28;4-2-1-3(5)6/h1-12,14,21H,13H2;1-2,4H2,(H,5,6). The molecule has 3 N–H and O–H groups in total. The van der Waals surface area contributed by atoms with Crippen LogP contribution < -0.4 is 5.73 Å². The maximum atomic E-state index is 13.3. The van der Waals surface area contributed by atoms with Crippen LogP contribution in [0.4, 0.5) is 13.2 Å². The molecule has 0 amide bonds. The van der Waals surface area contributed by atoms with Crippen LogP contribution >= 0.6 is 27.7 Å². The highest BCUT2D eigenvalue weighted by atomic mass is 79.9. The van der Waals surface area contributed by atoms with Gasteiger partial charge in [0.1, 0.15) is 6.29 Å². The van der Waals surface area contributed by atoms with Crippen LogP contribution in [0.2, 0.25) is 0 Å². The lowest BCUT2D eigenvalue weighted by Crippen LogP contribution is -2.17. The molecule has 1 unspecified atom stereocenters. The first-order chi connectivity index (χ1) is 17.9. The predicted octanol–water partition coefficient (Wildman–Crippen LogP) is 6.53. The first kappa shape index (κ1) is 30.9. The number of ketones is 2. The van der Waals surface area contributed by atoms with Crippen LogP contribution in [0.5, 0.6) is 0 Å². The van der Waals surface area contributed by atoms with E-state index in [0.717, 1.165) is 0 Å². The molecule has 3 aromatic carbocycles. The third kappa shape index (κ3) is 10.2. The maximum absolute atomic E-state index is 13.3. The molecular formula is C27H23BrF3NO5S. The van der Waals surface area contributed by atoms with Gasteiger partial charge in [-0.05, 0) is 41.6 Å². The molecule has 0 saturated heterocycles. The van der Waals surface area contributed by atoms with Gasteiger partial charge in [-0.15, -0.1) is 0 Å². The monoisotopic (exact) mass is 609 g/mol. The first-order valence-electron chi connectivity index (χ1n) is 11.1. The second-order valence-corrected chi connectivity index (χ2v) is 9.90. The molecule has 0 saturated carbocycles. The molecule has 0 spiro atoms. The Balaban J connectivity index is 0.000000757. The number of nitrogens with two attached hydrogens (primary N) is 1. The molecule has 0 aliphatic rings. The number of carbonyl (C=O) groups is 4. The summed E-state index contributed by atoms with van der Waals surface area (Å²) >= 11 is 3.02. The zero-order valence-electron chi connectivity index (χ0n) is 19.8. The lowest BCUT2D eigenvalue weighted by molar-refractivity contribution is -0.136. The molecule has 200 valence electrons. The summed E-state index contributed by atoms with van der Waals surface area (Å²) in [6.45, 7) is 0.231. The van der Waals surface area contributed by atoms with Gasteiger partial charge in [0.05, 0.1) is 12.3 Å². The van der Waals surface area contributed by atoms with Crippen molar-refractivity contribution in [2.24, 2.45) is 5.73 Å². The van der Waals surface area contributed by atoms with E-state index in [9.17, 15) is 32.3 Å². The number of aliphatic carboxylic acids is 1. The summed E-state index contributed by atoms with van der Waals surface area (Å²) in [7, 11) is 0. The Morgan fingerprint density at radius 2 is 1.61 bits per heavy atom. The highest BCUT2D eigenvalue weighted by Crippen LogP contribution is 2.37. The Morgan fingerprint density at radius 3 is 2.13 bits per heavy atom. The van der Waals surface area contributed by atoms with Gasteiger partial charge in [0, 0.05) is 39.0 Å². The lowest BCUT2D eigenvalue weighted by Gasteiger charge is -2.17. The van der Waals surface area contributed by atoms with Crippen molar-refractivity contribution in [2.45, 2.75) is 29.2 Å². The zero-order valence-corrected chi connectivity index (χ0v) is 22.2. The number of aldehydes is 1. The number of Topliss-reactive ketones (excluding diaryl/α,β-unsaturated/α-hetero) is 2. The van der Waals surface area contributed by atoms with Gasteiger partial charge in [-0.2, -0.15) is 13.2 Å². The fraction of sp³-hybridized carbons (Fsp3) is 0.185. The van der Waals surface area contributed by atoms with Crippen molar-refractivity contribution in [3.8, 4) is 0 Å². The molecule has 38 heavy (non-hydrogen) atoms. The van der Waals surface area contributed by atoms with E-state index in [4.69, 9.17) is 10.8 Å². The van der Waals surface area contributed by atoms with Gasteiger partial charge in [0.15, 0.2) is 11.6 Å². The third-order valence-corrected chi connectivity index (χ3v) is 6.25. The van der Waals surface area contributed by atoms with E-state index in [0.29, 0.717) is 27.4 Å².